The van der Waals surface area contributed by atoms with Gasteiger partial charge in [0.1, 0.15) is 22.9 Å². The van der Waals surface area contributed by atoms with E-state index in [9.17, 15) is 4.79 Å². The first-order chi connectivity index (χ1) is 15.8. The van der Waals surface area contributed by atoms with Crippen molar-refractivity contribution in [1.82, 2.24) is 14.8 Å². The number of ether oxygens (including phenoxy) is 1. The third-order valence-corrected chi connectivity index (χ3v) is 6.31. The number of thiazole rings is 1. The normalized spacial score (nSPS) is 16.5. The Morgan fingerprint density at radius 2 is 2.09 bits per heavy atom. The van der Waals surface area contributed by atoms with Crippen LogP contribution in [0.4, 0.5) is 26.0 Å². The Labute approximate surface area is 193 Å². The Morgan fingerprint density at radius 3 is 2.79 bits per heavy atom. The minimum absolute atomic E-state index is 0.0395. The lowest BCUT2D eigenvalue weighted by Crippen LogP contribution is -2.28. The number of amides is 1. The number of carbonyl (C=O) groups excluding carboxylic acids is 1. The second-order valence-corrected chi connectivity index (χ2v) is 8.55. The predicted molar refractivity (Wildman–Crippen MR) is 124 cm³/mol. The first-order valence-corrected chi connectivity index (χ1v) is 11.3. The molecule has 0 aliphatic carbocycles. The number of nitrogens with two attached hydrogens (primary N) is 2. The van der Waals surface area contributed by atoms with Crippen molar-refractivity contribution in [2.24, 2.45) is 12.8 Å². The summed E-state index contributed by atoms with van der Waals surface area (Å²) in [4.78, 5) is 18.4. The molecular weight excluding hydrogens is 452 g/mol. The number of methoxy groups -OCH3 is 1. The van der Waals surface area contributed by atoms with Crippen LogP contribution < -0.4 is 26.4 Å². The summed E-state index contributed by atoms with van der Waals surface area (Å²) < 4.78 is 37.8. The highest BCUT2D eigenvalue weighted by molar-refractivity contribution is 7.07. The Kier molecular flexibility index (Phi) is 6.47. The topological polar surface area (TPSA) is 124 Å². The van der Waals surface area contributed by atoms with Gasteiger partial charge in [-0.15, -0.1) is 11.3 Å². The smallest absolute Gasteiger partial charge is 0.275 e. The number of nitrogens with zero attached hydrogens (tertiary/aromatic N) is 4. The van der Waals surface area contributed by atoms with Gasteiger partial charge in [-0.3, -0.25) is 9.48 Å². The molecule has 0 bridgehead atoms. The van der Waals surface area contributed by atoms with Crippen LogP contribution in [0.25, 0.3) is 11.1 Å². The lowest BCUT2D eigenvalue weighted by Gasteiger charge is -2.25. The molecule has 2 aromatic heterocycles. The first-order valence-electron chi connectivity index (χ1n) is 10.4. The van der Waals surface area contributed by atoms with E-state index in [0.717, 1.165) is 19.3 Å². The zero-order valence-electron chi connectivity index (χ0n) is 18.3. The van der Waals surface area contributed by atoms with Crippen molar-refractivity contribution in [2.75, 3.05) is 36.1 Å². The van der Waals surface area contributed by atoms with E-state index in [4.69, 9.17) is 16.2 Å². The summed E-state index contributed by atoms with van der Waals surface area (Å²) in [7, 11) is 3.02. The molecule has 1 aliphatic heterocycles. The molecule has 176 valence electrons. The van der Waals surface area contributed by atoms with Gasteiger partial charge in [0.05, 0.1) is 29.9 Å². The molecule has 0 unspecified atom stereocenters. The van der Waals surface area contributed by atoms with Crippen molar-refractivity contribution < 1.29 is 18.3 Å². The number of rotatable bonds is 5. The number of halogens is 2. The summed E-state index contributed by atoms with van der Waals surface area (Å²) >= 11 is 1.19. The highest BCUT2D eigenvalue weighted by atomic mass is 32.1. The predicted octanol–water partition coefficient (Wildman–Crippen LogP) is 2.98. The molecule has 5 N–H and O–H groups in total. The molecule has 1 aromatic carbocycles. The average Bonchev–Trinajstić information content (AvgIpc) is 3.41. The molecule has 33 heavy (non-hydrogen) atoms. The Hall–Kier alpha value is -3.25. The van der Waals surface area contributed by atoms with Crippen LogP contribution in [0.2, 0.25) is 0 Å². The second kappa shape index (κ2) is 9.32. The molecule has 1 amide bonds. The number of benzene rings is 1. The van der Waals surface area contributed by atoms with Crippen LogP contribution in [0.15, 0.2) is 17.1 Å². The number of nitrogen functional groups attached to an aromatic ring is 1. The SMILES string of the molecule is COc1c(N)c(F)c(NC(=O)c2cscn2)c(F)c1-c1cnn(C)c1N1CCC[C@@H](N)CC1. The van der Waals surface area contributed by atoms with Gasteiger partial charge in [0.15, 0.2) is 17.4 Å². The largest absolute Gasteiger partial charge is 0.494 e. The molecule has 3 heterocycles. The van der Waals surface area contributed by atoms with E-state index in [1.165, 1.54) is 35.5 Å². The number of nitrogens with one attached hydrogen (secondary N) is 1. The Morgan fingerprint density at radius 1 is 1.30 bits per heavy atom. The highest BCUT2D eigenvalue weighted by Crippen LogP contribution is 2.46. The lowest BCUT2D eigenvalue weighted by molar-refractivity contribution is 0.102. The van der Waals surface area contributed by atoms with Gasteiger partial charge in [0, 0.05) is 31.6 Å². The van der Waals surface area contributed by atoms with Gasteiger partial charge in [-0.1, -0.05) is 0 Å². The third-order valence-electron chi connectivity index (χ3n) is 5.72. The fraction of sp³-hybridized carbons (Fsp3) is 0.381. The summed E-state index contributed by atoms with van der Waals surface area (Å²) in [6, 6.07) is 0.0898. The van der Waals surface area contributed by atoms with Gasteiger partial charge in [-0.05, 0) is 19.3 Å². The maximum atomic E-state index is 15.9. The van der Waals surface area contributed by atoms with Gasteiger partial charge in [0.2, 0.25) is 0 Å². The summed E-state index contributed by atoms with van der Waals surface area (Å²) in [6.45, 7) is 1.36. The minimum Gasteiger partial charge on any atom is -0.494 e. The van der Waals surface area contributed by atoms with Crippen molar-refractivity contribution >= 4 is 34.4 Å². The summed E-state index contributed by atoms with van der Waals surface area (Å²) in [5, 5.41) is 8.05. The third kappa shape index (κ3) is 4.23. The number of anilines is 3. The van der Waals surface area contributed by atoms with Gasteiger partial charge in [-0.25, -0.2) is 13.8 Å². The standard InChI is InChI=1S/C21H25F2N7O2S/c1-29-21(30-6-3-4-11(24)5-7-30)12(8-27-29)14-15(22)18(16(23)17(25)19(14)32-2)28-20(31)13-9-33-10-26-13/h8-11H,3-7,24-25H2,1-2H3,(H,28,31)/t11-/m1/s1. The van der Waals surface area contributed by atoms with Gasteiger partial charge in [0.25, 0.3) is 5.91 Å². The van der Waals surface area contributed by atoms with Crippen LogP contribution >= 0.6 is 11.3 Å². The van der Waals surface area contributed by atoms with E-state index in [1.807, 2.05) is 0 Å². The lowest BCUT2D eigenvalue weighted by atomic mass is 10.0. The maximum Gasteiger partial charge on any atom is 0.275 e. The summed E-state index contributed by atoms with van der Waals surface area (Å²) in [6.07, 6.45) is 4.00. The van der Waals surface area contributed by atoms with Crippen LogP contribution in [-0.4, -0.2) is 46.9 Å². The van der Waals surface area contributed by atoms with Crippen LogP contribution in [0.5, 0.6) is 5.75 Å². The molecule has 1 aliphatic rings. The van der Waals surface area contributed by atoms with Crippen LogP contribution in [0.1, 0.15) is 29.8 Å². The van der Waals surface area contributed by atoms with Crippen molar-refractivity contribution in [3.8, 4) is 16.9 Å². The van der Waals surface area contributed by atoms with Crippen molar-refractivity contribution in [1.29, 1.82) is 0 Å². The molecule has 1 fully saturated rings. The van der Waals surface area contributed by atoms with Crippen LogP contribution in [0.3, 0.4) is 0 Å². The Bertz CT molecular complexity index is 1170. The molecule has 3 aromatic rings. The fourth-order valence-corrected chi connectivity index (χ4v) is 4.60. The first kappa shape index (κ1) is 22.9. The molecule has 1 atom stereocenters. The van der Waals surface area contributed by atoms with Crippen molar-refractivity contribution in [3.05, 3.63) is 34.4 Å². The van der Waals surface area contributed by atoms with Crippen molar-refractivity contribution in [3.63, 3.8) is 0 Å². The summed E-state index contributed by atoms with van der Waals surface area (Å²) in [5.41, 5.74) is 12.8. The minimum atomic E-state index is -1.12. The van der Waals surface area contributed by atoms with Gasteiger partial charge < -0.3 is 26.4 Å². The van der Waals surface area contributed by atoms with E-state index in [1.54, 1.807) is 11.7 Å². The summed E-state index contributed by atoms with van der Waals surface area (Å²) in [5.74, 6) is -2.43. The zero-order chi connectivity index (χ0) is 23.7. The second-order valence-electron chi connectivity index (χ2n) is 7.84. The number of carbonyl (C=O) groups is 1. The molecule has 1 saturated heterocycles. The monoisotopic (exact) mass is 477 g/mol. The van der Waals surface area contributed by atoms with Gasteiger partial charge >= 0.3 is 0 Å². The molecule has 12 heteroatoms. The molecule has 0 radical (unpaired) electrons. The van der Waals surface area contributed by atoms with E-state index < -0.39 is 28.9 Å². The number of aryl methyl sites for hydroxylation is 1. The van der Waals surface area contributed by atoms with E-state index in [-0.39, 0.29) is 23.0 Å². The average molecular weight is 478 g/mol. The molecular formula is C21H25F2N7O2S. The Balaban J connectivity index is 1.84. The number of hydrogen-bond acceptors (Lipinski definition) is 8. The molecule has 4 rings (SSSR count). The molecule has 9 nitrogen and oxygen atoms in total. The van der Waals surface area contributed by atoms with E-state index in [2.05, 4.69) is 20.3 Å². The zero-order valence-corrected chi connectivity index (χ0v) is 19.1. The maximum absolute atomic E-state index is 15.9. The van der Waals surface area contributed by atoms with Crippen molar-refractivity contribution in [2.45, 2.75) is 25.3 Å². The molecule has 0 saturated carbocycles. The van der Waals surface area contributed by atoms with Crippen LogP contribution in [0, 0.1) is 11.6 Å². The fourth-order valence-electron chi connectivity index (χ4n) is 4.07. The number of hydrogen-bond donors (Lipinski definition) is 3. The van der Waals surface area contributed by atoms with E-state index >= 15 is 8.78 Å². The highest BCUT2D eigenvalue weighted by Gasteiger charge is 2.31. The van der Waals surface area contributed by atoms with E-state index in [0.29, 0.717) is 24.5 Å². The van der Waals surface area contributed by atoms with Gasteiger partial charge in [-0.2, -0.15) is 5.10 Å². The quantitative estimate of drug-likeness (QED) is 0.483. The van der Waals surface area contributed by atoms with Crippen LogP contribution in [-0.2, 0) is 7.05 Å². The molecule has 0 spiro atoms. The number of aromatic nitrogens is 3.